The largest absolute Gasteiger partial charge is 0.462 e. The molecule has 9 heteroatoms. The van der Waals surface area contributed by atoms with E-state index in [0.717, 1.165) is 0 Å². The lowest BCUT2D eigenvalue weighted by Crippen LogP contribution is -2.06. The minimum Gasteiger partial charge on any atom is -0.462 e. The molecule has 28 heavy (non-hydrogen) atoms. The number of carbonyl (C=O) groups excluding carboxylic acids is 2. The van der Waals surface area contributed by atoms with Crippen LogP contribution in [0.2, 0.25) is 5.02 Å². The van der Waals surface area contributed by atoms with Crippen molar-refractivity contribution in [3.05, 3.63) is 80.0 Å². The number of hydrogen-bond donors (Lipinski definition) is 0. The minimum absolute atomic E-state index is 0.0245. The van der Waals surface area contributed by atoms with Crippen LogP contribution in [0.4, 0.5) is 5.69 Å². The normalized spacial score (nSPS) is 14.6. The van der Waals surface area contributed by atoms with Crippen LogP contribution in [-0.4, -0.2) is 29.4 Å². The van der Waals surface area contributed by atoms with Gasteiger partial charge in [-0.1, -0.05) is 23.7 Å². The molecule has 0 atom stereocenters. The first-order chi connectivity index (χ1) is 13.4. The summed E-state index contributed by atoms with van der Waals surface area (Å²) in [5, 5.41) is 11.0. The van der Waals surface area contributed by atoms with Crippen molar-refractivity contribution in [1.29, 1.82) is 0 Å². The minimum atomic E-state index is -0.693. The predicted molar refractivity (Wildman–Crippen MR) is 101 cm³/mol. The number of benzene rings is 2. The number of ether oxygens (including phenoxy) is 2. The highest BCUT2D eigenvalue weighted by Gasteiger charge is 2.26. The standard InChI is InChI=1S/C19H13ClN2O6/c1-2-27-18(23)12-5-3-11(4-6-12)9-15-19(24)28-17(21-15)13-7-8-14(20)16(10-13)22(25)26/h3-10H,2H2,1H3. The molecule has 2 aromatic carbocycles. The number of hydrogen-bond acceptors (Lipinski definition) is 7. The van der Waals surface area contributed by atoms with E-state index in [0.29, 0.717) is 11.1 Å². The van der Waals surface area contributed by atoms with Gasteiger partial charge < -0.3 is 9.47 Å². The fourth-order valence-electron chi connectivity index (χ4n) is 2.41. The second-order valence-corrected chi connectivity index (χ2v) is 6.01. The second kappa shape index (κ2) is 8.01. The van der Waals surface area contributed by atoms with E-state index in [-0.39, 0.29) is 34.5 Å². The summed E-state index contributed by atoms with van der Waals surface area (Å²) in [7, 11) is 0. The molecule has 2 aromatic rings. The third kappa shape index (κ3) is 4.07. The maximum atomic E-state index is 12.1. The van der Waals surface area contributed by atoms with Crippen LogP contribution in [0.5, 0.6) is 0 Å². The van der Waals surface area contributed by atoms with Gasteiger partial charge >= 0.3 is 11.9 Å². The van der Waals surface area contributed by atoms with Gasteiger partial charge in [0, 0.05) is 11.6 Å². The highest BCUT2D eigenvalue weighted by Crippen LogP contribution is 2.27. The van der Waals surface area contributed by atoms with Crippen LogP contribution in [0.15, 0.2) is 53.2 Å². The first-order valence-corrected chi connectivity index (χ1v) is 8.51. The maximum Gasteiger partial charge on any atom is 0.363 e. The molecule has 0 amide bonds. The first kappa shape index (κ1) is 19.2. The van der Waals surface area contributed by atoms with Crippen LogP contribution in [0.1, 0.15) is 28.4 Å². The number of carbonyl (C=O) groups is 2. The number of nitrogens with zero attached hydrogens (tertiary/aromatic N) is 2. The zero-order chi connectivity index (χ0) is 20.3. The van der Waals surface area contributed by atoms with Crippen molar-refractivity contribution in [3.8, 4) is 0 Å². The lowest BCUT2D eigenvalue weighted by molar-refractivity contribution is -0.384. The number of esters is 2. The number of aliphatic imine (C=N–C) groups is 1. The van der Waals surface area contributed by atoms with Crippen LogP contribution in [-0.2, 0) is 14.3 Å². The molecule has 0 saturated heterocycles. The average Bonchev–Trinajstić information content (AvgIpc) is 3.03. The molecule has 3 rings (SSSR count). The van der Waals surface area contributed by atoms with Gasteiger partial charge in [0.05, 0.1) is 17.1 Å². The van der Waals surface area contributed by atoms with Gasteiger partial charge in [0.15, 0.2) is 5.70 Å². The first-order valence-electron chi connectivity index (χ1n) is 8.13. The van der Waals surface area contributed by atoms with E-state index in [1.54, 1.807) is 31.2 Å². The smallest absolute Gasteiger partial charge is 0.363 e. The molecule has 0 saturated carbocycles. The summed E-state index contributed by atoms with van der Waals surface area (Å²) in [5.41, 5.74) is 0.967. The summed E-state index contributed by atoms with van der Waals surface area (Å²) in [4.78, 5) is 38.2. The summed E-state index contributed by atoms with van der Waals surface area (Å²) >= 11 is 5.78. The molecule has 0 N–H and O–H groups in total. The Labute approximate surface area is 164 Å². The van der Waals surface area contributed by atoms with E-state index in [1.165, 1.54) is 24.3 Å². The van der Waals surface area contributed by atoms with Gasteiger partial charge in [-0.15, -0.1) is 0 Å². The molecule has 0 unspecified atom stereocenters. The summed E-state index contributed by atoms with van der Waals surface area (Å²) in [5.74, 6) is -1.19. The topological polar surface area (TPSA) is 108 Å². The van der Waals surface area contributed by atoms with Gasteiger partial charge in [0.25, 0.3) is 5.69 Å². The maximum absolute atomic E-state index is 12.1. The molecule has 0 radical (unpaired) electrons. The van der Waals surface area contributed by atoms with E-state index in [9.17, 15) is 19.7 Å². The van der Waals surface area contributed by atoms with Gasteiger partial charge in [-0.3, -0.25) is 10.1 Å². The van der Waals surface area contributed by atoms with Gasteiger partial charge in [-0.2, -0.15) is 0 Å². The van der Waals surface area contributed by atoms with E-state index < -0.39 is 16.9 Å². The Bertz CT molecular complexity index is 1030. The molecular formula is C19H13ClN2O6. The Kier molecular flexibility index (Phi) is 5.51. The van der Waals surface area contributed by atoms with Gasteiger partial charge in [0.1, 0.15) is 5.02 Å². The quantitative estimate of drug-likeness (QED) is 0.327. The van der Waals surface area contributed by atoms with Crippen molar-refractivity contribution < 1.29 is 24.0 Å². The Morgan fingerprint density at radius 3 is 2.64 bits per heavy atom. The summed E-state index contributed by atoms with van der Waals surface area (Å²) < 4.78 is 10.0. The average molecular weight is 401 g/mol. The van der Waals surface area contributed by atoms with Crippen LogP contribution < -0.4 is 0 Å². The summed E-state index contributed by atoms with van der Waals surface area (Å²) in [6.07, 6.45) is 1.48. The van der Waals surface area contributed by atoms with Gasteiger partial charge in [-0.05, 0) is 42.8 Å². The Hall–Kier alpha value is -3.52. The Morgan fingerprint density at radius 1 is 1.29 bits per heavy atom. The molecular weight excluding hydrogens is 388 g/mol. The third-order valence-corrected chi connectivity index (χ3v) is 4.06. The highest BCUT2D eigenvalue weighted by atomic mass is 35.5. The summed E-state index contributed by atoms with van der Waals surface area (Å²) in [6.45, 7) is 1.99. The molecule has 0 aliphatic carbocycles. The third-order valence-electron chi connectivity index (χ3n) is 3.74. The molecule has 8 nitrogen and oxygen atoms in total. The Morgan fingerprint density at radius 2 is 2.00 bits per heavy atom. The van der Waals surface area contributed by atoms with E-state index in [2.05, 4.69) is 4.99 Å². The second-order valence-electron chi connectivity index (χ2n) is 5.60. The molecule has 1 aliphatic heterocycles. The molecule has 0 fully saturated rings. The fourth-order valence-corrected chi connectivity index (χ4v) is 2.59. The lowest BCUT2D eigenvalue weighted by Gasteiger charge is -2.01. The number of halogens is 1. The zero-order valence-corrected chi connectivity index (χ0v) is 15.3. The SMILES string of the molecule is CCOC(=O)c1ccc(C=C2N=C(c3ccc(Cl)c([N+](=O)[O-])c3)OC2=O)cc1. The predicted octanol–water partition coefficient (Wildman–Crippen LogP) is 3.77. The number of rotatable bonds is 5. The molecule has 0 aromatic heterocycles. The van der Waals surface area contributed by atoms with Crippen LogP contribution in [0.25, 0.3) is 6.08 Å². The van der Waals surface area contributed by atoms with Crippen molar-refractivity contribution in [3.63, 3.8) is 0 Å². The van der Waals surface area contributed by atoms with Crippen molar-refractivity contribution in [2.75, 3.05) is 6.61 Å². The highest BCUT2D eigenvalue weighted by molar-refractivity contribution is 6.32. The van der Waals surface area contributed by atoms with Crippen LogP contribution in [0, 0.1) is 10.1 Å². The van der Waals surface area contributed by atoms with Gasteiger partial charge in [-0.25, -0.2) is 14.6 Å². The molecule has 0 spiro atoms. The van der Waals surface area contributed by atoms with Crippen molar-refractivity contribution in [2.45, 2.75) is 6.92 Å². The molecule has 0 bridgehead atoms. The lowest BCUT2D eigenvalue weighted by atomic mass is 10.1. The van der Waals surface area contributed by atoms with E-state index >= 15 is 0 Å². The number of nitro benzene ring substituents is 1. The zero-order valence-electron chi connectivity index (χ0n) is 14.5. The van der Waals surface area contributed by atoms with Crippen LogP contribution >= 0.6 is 11.6 Å². The molecule has 142 valence electrons. The van der Waals surface area contributed by atoms with E-state index in [4.69, 9.17) is 21.1 Å². The molecule has 1 aliphatic rings. The number of nitro groups is 1. The van der Waals surface area contributed by atoms with Gasteiger partial charge in [0.2, 0.25) is 5.90 Å². The van der Waals surface area contributed by atoms with Crippen molar-refractivity contribution in [1.82, 2.24) is 0 Å². The van der Waals surface area contributed by atoms with Crippen molar-refractivity contribution in [2.24, 2.45) is 4.99 Å². The fraction of sp³-hybridized carbons (Fsp3) is 0.105. The monoisotopic (exact) mass is 400 g/mol. The van der Waals surface area contributed by atoms with Crippen molar-refractivity contribution >= 4 is 41.2 Å². The van der Waals surface area contributed by atoms with E-state index in [1.807, 2.05) is 0 Å². The van der Waals surface area contributed by atoms with Crippen LogP contribution in [0.3, 0.4) is 0 Å². The molecule has 1 heterocycles. The number of cyclic esters (lactones) is 1. The Balaban J connectivity index is 1.87. The summed E-state index contributed by atoms with van der Waals surface area (Å²) in [6, 6.07) is 10.4.